The van der Waals surface area contributed by atoms with Crippen LogP contribution in [0.25, 0.3) is 0 Å². The monoisotopic (exact) mass is 270 g/mol. The molecule has 0 heterocycles. The smallest absolute Gasteiger partial charge is 0.189 e. The first kappa shape index (κ1) is 15.3. The number of carbonyl (C=O) groups is 1. The average molecular weight is 270 g/mol. The van der Waals surface area contributed by atoms with Crippen molar-refractivity contribution in [3.05, 3.63) is 17.7 Å². The lowest BCUT2D eigenvalue weighted by Gasteiger charge is -2.13. The van der Waals surface area contributed by atoms with Crippen molar-refractivity contribution < 1.29 is 28.8 Å². The van der Waals surface area contributed by atoms with Gasteiger partial charge in [0.15, 0.2) is 31.4 Å². The Balaban J connectivity index is 2.84. The maximum atomic E-state index is 10.8. The second-order valence-corrected chi connectivity index (χ2v) is 3.49. The zero-order chi connectivity index (χ0) is 14.1. The van der Waals surface area contributed by atoms with E-state index < -0.39 is 0 Å². The molecule has 19 heavy (non-hydrogen) atoms. The number of aromatic hydroxyl groups is 1. The van der Waals surface area contributed by atoms with Crippen LogP contribution in [0.15, 0.2) is 12.1 Å². The number of benzene rings is 1. The first-order chi connectivity index (χ1) is 9.22. The van der Waals surface area contributed by atoms with Gasteiger partial charge in [-0.3, -0.25) is 4.79 Å². The fourth-order valence-corrected chi connectivity index (χ4v) is 1.26. The van der Waals surface area contributed by atoms with E-state index in [9.17, 15) is 9.90 Å². The molecule has 0 bridgehead atoms. The Bertz CT molecular complexity index is 404. The number of hydrogen-bond donors (Lipinski definition) is 1. The summed E-state index contributed by atoms with van der Waals surface area (Å²) in [6, 6.07) is 2.70. The Morgan fingerprint density at radius 2 is 1.58 bits per heavy atom. The Labute approximate surface area is 111 Å². The number of phenols is 1. The lowest BCUT2D eigenvalue weighted by Crippen LogP contribution is -2.07. The Hall–Kier alpha value is -1.79. The van der Waals surface area contributed by atoms with E-state index in [2.05, 4.69) is 0 Å². The van der Waals surface area contributed by atoms with Crippen LogP contribution in [0.3, 0.4) is 0 Å². The normalized spacial score (nSPS) is 10.2. The number of phenolic OH excluding ortho intramolecular Hbond substituents is 1. The van der Waals surface area contributed by atoms with Crippen molar-refractivity contribution in [2.45, 2.75) is 13.8 Å². The molecule has 0 aliphatic rings. The minimum absolute atomic E-state index is 0.0291. The summed E-state index contributed by atoms with van der Waals surface area (Å²) in [7, 11) is 0. The van der Waals surface area contributed by atoms with Crippen LogP contribution in [0.5, 0.6) is 17.2 Å². The summed E-state index contributed by atoms with van der Waals surface area (Å²) in [5.74, 6) is 0.426. The summed E-state index contributed by atoms with van der Waals surface area (Å²) in [6.45, 7) is 4.75. The summed E-state index contributed by atoms with van der Waals surface area (Å²) >= 11 is 0. The maximum absolute atomic E-state index is 10.8. The molecule has 0 aliphatic heterocycles. The van der Waals surface area contributed by atoms with Gasteiger partial charge in [0.1, 0.15) is 5.75 Å². The molecule has 0 saturated heterocycles. The predicted octanol–water partition coefficient (Wildman–Crippen LogP) is 1.95. The molecule has 0 amide bonds. The molecule has 6 heteroatoms. The van der Waals surface area contributed by atoms with Gasteiger partial charge in [0.25, 0.3) is 0 Å². The van der Waals surface area contributed by atoms with E-state index in [0.29, 0.717) is 25.2 Å². The summed E-state index contributed by atoms with van der Waals surface area (Å²) < 4.78 is 20.8. The van der Waals surface area contributed by atoms with Gasteiger partial charge in [0.05, 0.1) is 5.56 Å². The SMILES string of the molecule is CCOCOc1cc(O)c(C=O)cc1OCOCC. The number of ether oxygens (including phenoxy) is 4. The van der Waals surface area contributed by atoms with Gasteiger partial charge in [-0.1, -0.05) is 0 Å². The number of carbonyl (C=O) groups excluding carboxylic acids is 1. The van der Waals surface area contributed by atoms with Gasteiger partial charge >= 0.3 is 0 Å². The maximum Gasteiger partial charge on any atom is 0.189 e. The zero-order valence-electron chi connectivity index (χ0n) is 11.0. The van der Waals surface area contributed by atoms with Crippen LogP contribution in [0.2, 0.25) is 0 Å². The van der Waals surface area contributed by atoms with Crippen LogP contribution in [-0.2, 0) is 9.47 Å². The van der Waals surface area contributed by atoms with Gasteiger partial charge in [-0.15, -0.1) is 0 Å². The number of hydrogen-bond acceptors (Lipinski definition) is 6. The Morgan fingerprint density at radius 3 is 2.05 bits per heavy atom. The molecule has 0 aromatic heterocycles. The first-order valence-corrected chi connectivity index (χ1v) is 5.96. The van der Waals surface area contributed by atoms with E-state index in [4.69, 9.17) is 18.9 Å². The molecule has 0 atom stereocenters. The van der Waals surface area contributed by atoms with Crippen molar-refractivity contribution in [1.82, 2.24) is 0 Å². The third-order valence-electron chi connectivity index (χ3n) is 2.22. The van der Waals surface area contributed by atoms with Crippen molar-refractivity contribution in [3.8, 4) is 17.2 Å². The van der Waals surface area contributed by atoms with Gasteiger partial charge < -0.3 is 24.1 Å². The van der Waals surface area contributed by atoms with E-state index in [1.165, 1.54) is 12.1 Å². The molecule has 6 nitrogen and oxygen atoms in total. The van der Waals surface area contributed by atoms with Crippen LogP contribution < -0.4 is 9.47 Å². The lowest BCUT2D eigenvalue weighted by molar-refractivity contribution is 0.00591. The topological polar surface area (TPSA) is 74.2 Å². The quantitative estimate of drug-likeness (QED) is 0.420. The predicted molar refractivity (Wildman–Crippen MR) is 67.7 cm³/mol. The highest BCUT2D eigenvalue weighted by atomic mass is 16.7. The third kappa shape index (κ3) is 4.76. The van der Waals surface area contributed by atoms with Gasteiger partial charge in [-0.25, -0.2) is 0 Å². The van der Waals surface area contributed by atoms with E-state index in [1.54, 1.807) is 0 Å². The van der Waals surface area contributed by atoms with Gasteiger partial charge in [0, 0.05) is 19.3 Å². The zero-order valence-corrected chi connectivity index (χ0v) is 11.0. The standard InChI is InChI=1S/C13H18O6/c1-3-16-8-18-12-5-10(7-14)11(15)6-13(12)19-9-17-4-2/h5-7,15H,3-4,8-9H2,1-2H3. The van der Waals surface area contributed by atoms with Crippen molar-refractivity contribution in [2.24, 2.45) is 0 Å². The molecule has 1 rings (SSSR count). The first-order valence-electron chi connectivity index (χ1n) is 5.96. The van der Waals surface area contributed by atoms with Crippen LogP contribution in [-0.4, -0.2) is 38.2 Å². The largest absolute Gasteiger partial charge is 0.507 e. The molecule has 0 aliphatic carbocycles. The molecular formula is C13H18O6. The van der Waals surface area contributed by atoms with Crippen molar-refractivity contribution in [3.63, 3.8) is 0 Å². The van der Waals surface area contributed by atoms with E-state index in [-0.39, 0.29) is 30.6 Å². The number of rotatable bonds is 9. The highest BCUT2D eigenvalue weighted by Crippen LogP contribution is 2.33. The van der Waals surface area contributed by atoms with Crippen LogP contribution >= 0.6 is 0 Å². The average Bonchev–Trinajstić information content (AvgIpc) is 2.41. The van der Waals surface area contributed by atoms with Crippen molar-refractivity contribution in [1.29, 1.82) is 0 Å². The highest BCUT2D eigenvalue weighted by Gasteiger charge is 2.11. The number of aldehydes is 1. The Kier molecular flexibility index (Phi) is 6.70. The van der Waals surface area contributed by atoms with Crippen LogP contribution in [0.1, 0.15) is 24.2 Å². The molecule has 0 radical (unpaired) electrons. The molecule has 0 spiro atoms. The second kappa shape index (κ2) is 8.34. The molecule has 0 unspecified atom stereocenters. The van der Waals surface area contributed by atoms with E-state index in [0.717, 1.165) is 0 Å². The fraction of sp³-hybridized carbons (Fsp3) is 0.462. The van der Waals surface area contributed by atoms with Gasteiger partial charge in [-0.05, 0) is 19.9 Å². The van der Waals surface area contributed by atoms with E-state index in [1.807, 2.05) is 13.8 Å². The fourth-order valence-electron chi connectivity index (χ4n) is 1.26. The van der Waals surface area contributed by atoms with Crippen molar-refractivity contribution in [2.75, 3.05) is 26.8 Å². The summed E-state index contributed by atoms with van der Waals surface area (Å²) in [6.07, 6.45) is 0.537. The van der Waals surface area contributed by atoms with Crippen LogP contribution in [0.4, 0.5) is 0 Å². The lowest BCUT2D eigenvalue weighted by atomic mass is 10.2. The third-order valence-corrected chi connectivity index (χ3v) is 2.22. The molecule has 0 saturated carbocycles. The molecule has 1 aromatic rings. The summed E-state index contributed by atoms with van der Waals surface area (Å²) in [4.78, 5) is 10.8. The van der Waals surface area contributed by atoms with Crippen molar-refractivity contribution >= 4 is 6.29 Å². The highest BCUT2D eigenvalue weighted by molar-refractivity contribution is 5.81. The minimum atomic E-state index is -0.176. The molecule has 1 N–H and O–H groups in total. The Morgan fingerprint density at radius 1 is 1.05 bits per heavy atom. The second-order valence-electron chi connectivity index (χ2n) is 3.49. The molecular weight excluding hydrogens is 252 g/mol. The molecule has 0 fully saturated rings. The van der Waals surface area contributed by atoms with E-state index >= 15 is 0 Å². The van der Waals surface area contributed by atoms with Gasteiger partial charge in [-0.2, -0.15) is 0 Å². The molecule has 106 valence electrons. The summed E-state index contributed by atoms with van der Waals surface area (Å²) in [5, 5.41) is 9.61. The molecule has 1 aromatic carbocycles. The van der Waals surface area contributed by atoms with Crippen LogP contribution in [0, 0.1) is 0 Å². The van der Waals surface area contributed by atoms with Gasteiger partial charge in [0.2, 0.25) is 0 Å². The summed E-state index contributed by atoms with van der Waals surface area (Å²) in [5.41, 5.74) is 0.121. The minimum Gasteiger partial charge on any atom is -0.507 e.